The summed E-state index contributed by atoms with van der Waals surface area (Å²) in [6.45, 7) is 1.93. The van der Waals surface area contributed by atoms with E-state index in [1.165, 1.54) is 0 Å². The molecule has 1 saturated carbocycles. The molecule has 88 valence electrons. The Balaban J connectivity index is 2.48. The van der Waals surface area contributed by atoms with Crippen molar-refractivity contribution in [1.29, 1.82) is 0 Å². The maximum atomic E-state index is 12.5. The predicted octanol–water partition coefficient (Wildman–Crippen LogP) is 2.19. The molecular formula is C9H13F4NO. The normalized spacial score (nSPS) is 27.1. The molecule has 1 aliphatic rings. The number of nitrogens with one attached hydrogen (secondary N) is 1. The molecule has 1 aliphatic carbocycles. The van der Waals surface area contributed by atoms with Gasteiger partial charge in [-0.3, -0.25) is 4.79 Å². The van der Waals surface area contributed by atoms with E-state index < -0.39 is 24.3 Å². The smallest absolute Gasteiger partial charge is 0.348 e. The lowest BCUT2D eigenvalue weighted by molar-refractivity contribution is -0.170. The second kappa shape index (κ2) is 4.37. The topological polar surface area (TPSA) is 29.1 Å². The fourth-order valence-electron chi connectivity index (χ4n) is 1.72. The summed E-state index contributed by atoms with van der Waals surface area (Å²) in [5.74, 6) is -6.10. The van der Waals surface area contributed by atoms with E-state index in [4.69, 9.17) is 0 Å². The first-order chi connectivity index (χ1) is 6.84. The highest BCUT2D eigenvalue weighted by molar-refractivity contribution is 5.84. The number of halogens is 4. The molecule has 0 aromatic heterocycles. The fourth-order valence-corrected chi connectivity index (χ4v) is 1.72. The maximum absolute atomic E-state index is 12.5. The van der Waals surface area contributed by atoms with Gasteiger partial charge in [0.1, 0.15) is 0 Å². The van der Waals surface area contributed by atoms with Gasteiger partial charge in [0, 0.05) is 6.04 Å². The van der Waals surface area contributed by atoms with Crippen molar-refractivity contribution in [3.8, 4) is 0 Å². The molecule has 0 bridgehead atoms. The minimum absolute atomic E-state index is 0.343. The molecule has 2 atom stereocenters. The zero-order chi connectivity index (χ0) is 11.6. The van der Waals surface area contributed by atoms with Gasteiger partial charge in [-0.25, -0.2) is 8.78 Å². The van der Waals surface area contributed by atoms with Crippen molar-refractivity contribution in [2.24, 2.45) is 5.92 Å². The quantitative estimate of drug-likeness (QED) is 0.736. The molecule has 0 saturated heterocycles. The van der Waals surface area contributed by atoms with E-state index in [0.717, 1.165) is 6.42 Å². The van der Waals surface area contributed by atoms with Crippen LogP contribution in [0.15, 0.2) is 0 Å². The Morgan fingerprint density at radius 3 is 2.40 bits per heavy atom. The van der Waals surface area contributed by atoms with E-state index in [9.17, 15) is 22.4 Å². The molecule has 0 radical (unpaired) electrons. The summed E-state index contributed by atoms with van der Waals surface area (Å²) in [5.41, 5.74) is 0. The molecular weight excluding hydrogens is 214 g/mol. The second-order valence-electron chi connectivity index (χ2n) is 4.01. The molecule has 15 heavy (non-hydrogen) atoms. The summed E-state index contributed by atoms with van der Waals surface area (Å²) < 4.78 is 48.7. The van der Waals surface area contributed by atoms with E-state index in [2.05, 4.69) is 0 Å². The summed E-state index contributed by atoms with van der Waals surface area (Å²) in [5, 5.41) is 1.96. The first kappa shape index (κ1) is 12.3. The third-order valence-electron chi connectivity index (χ3n) is 2.61. The molecule has 1 fully saturated rings. The zero-order valence-corrected chi connectivity index (χ0v) is 8.27. The average molecular weight is 227 g/mol. The third-order valence-corrected chi connectivity index (χ3v) is 2.61. The van der Waals surface area contributed by atoms with Gasteiger partial charge >= 0.3 is 12.3 Å². The first-order valence-electron chi connectivity index (χ1n) is 4.81. The Hall–Kier alpha value is -0.810. The molecule has 0 aliphatic heterocycles. The van der Waals surface area contributed by atoms with E-state index >= 15 is 0 Å². The zero-order valence-electron chi connectivity index (χ0n) is 8.27. The van der Waals surface area contributed by atoms with Crippen molar-refractivity contribution >= 4 is 5.91 Å². The summed E-state index contributed by atoms with van der Waals surface area (Å²) in [6.07, 6.45) is -1.97. The molecule has 1 N–H and O–H groups in total. The van der Waals surface area contributed by atoms with Crippen molar-refractivity contribution in [3.05, 3.63) is 0 Å². The largest absolute Gasteiger partial charge is 0.383 e. The summed E-state index contributed by atoms with van der Waals surface area (Å²) in [6, 6.07) is -0.392. The van der Waals surface area contributed by atoms with Crippen LogP contribution in [0.5, 0.6) is 0 Å². The monoisotopic (exact) mass is 227 g/mol. The molecule has 1 rings (SSSR count). The third kappa shape index (κ3) is 2.82. The highest BCUT2D eigenvalue weighted by Crippen LogP contribution is 2.27. The Kier molecular flexibility index (Phi) is 3.57. The number of hydrogen-bond acceptors (Lipinski definition) is 1. The van der Waals surface area contributed by atoms with Crippen LogP contribution in [0, 0.1) is 5.92 Å². The predicted molar refractivity (Wildman–Crippen MR) is 45.9 cm³/mol. The van der Waals surface area contributed by atoms with E-state index in [1.807, 2.05) is 12.2 Å². The maximum Gasteiger partial charge on any atom is 0.383 e. The van der Waals surface area contributed by atoms with Crippen LogP contribution in [0.3, 0.4) is 0 Å². The van der Waals surface area contributed by atoms with Crippen LogP contribution in [-0.2, 0) is 4.79 Å². The average Bonchev–Trinajstić information content (AvgIpc) is 2.50. The molecule has 0 spiro atoms. The molecule has 2 unspecified atom stereocenters. The summed E-state index contributed by atoms with van der Waals surface area (Å²) in [7, 11) is 0. The highest BCUT2D eigenvalue weighted by Gasteiger charge is 2.49. The number of rotatable bonds is 3. The highest BCUT2D eigenvalue weighted by atomic mass is 19.3. The Labute approximate surface area is 85.0 Å². The van der Waals surface area contributed by atoms with Gasteiger partial charge in [0.25, 0.3) is 5.91 Å². The first-order valence-corrected chi connectivity index (χ1v) is 4.81. The van der Waals surface area contributed by atoms with Gasteiger partial charge in [-0.15, -0.1) is 0 Å². The number of carbonyl (C=O) groups is 1. The van der Waals surface area contributed by atoms with Gasteiger partial charge in [-0.2, -0.15) is 8.78 Å². The Morgan fingerprint density at radius 2 is 2.00 bits per heavy atom. The van der Waals surface area contributed by atoms with Crippen LogP contribution < -0.4 is 5.32 Å². The van der Waals surface area contributed by atoms with Crippen molar-refractivity contribution in [1.82, 2.24) is 5.32 Å². The lowest BCUT2D eigenvalue weighted by atomic mass is 10.1. The summed E-state index contributed by atoms with van der Waals surface area (Å²) >= 11 is 0. The van der Waals surface area contributed by atoms with Gasteiger partial charge in [-0.1, -0.05) is 6.92 Å². The lowest BCUT2D eigenvalue weighted by Gasteiger charge is -2.18. The minimum Gasteiger partial charge on any atom is -0.348 e. The number of alkyl halides is 4. The van der Waals surface area contributed by atoms with Gasteiger partial charge in [0.15, 0.2) is 0 Å². The molecule has 6 heteroatoms. The van der Waals surface area contributed by atoms with Crippen molar-refractivity contribution in [2.45, 2.75) is 44.6 Å². The number of hydrogen-bond donors (Lipinski definition) is 1. The molecule has 2 nitrogen and oxygen atoms in total. The van der Waals surface area contributed by atoms with Crippen molar-refractivity contribution in [3.63, 3.8) is 0 Å². The van der Waals surface area contributed by atoms with Gasteiger partial charge in [0.2, 0.25) is 0 Å². The molecule has 0 heterocycles. The molecule has 1 amide bonds. The van der Waals surface area contributed by atoms with Gasteiger partial charge in [0.05, 0.1) is 0 Å². The Morgan fingerprint density at radius 1 is 1.40 bits per heavy atom. The summed E-state index contributed by atoms with van der Waals surface area (Å²) in [4.78, 5) is 10.8. The minimum atomic E-state index is -4.58. The van der Waals surface area contributed by atoms with Crippen LogP contribution in [0.2, 0.25) is 0 Å². The fraction of sp³-hybridized carbons (Fsp3) is 0.889. The van der Waals surface area contributed by atoms with Crippen LogP contribution in [-0.4, -0.2) is 24.3 Å². The standard InChI is InChI=1S/C9H13F4NO/c1-5-2-3-6(4-5)14-8(15)9(12,13)7(10)11/h5-7H,2-4H2,1H3,(H,14,15). The van der Waals surface area contributed by atoms with Crippen LogP contribution in [0.4, 0.5) is 17.6 Å². The second-order valence-corrected chi connectivity index (χ2v) is 4.01. The number of amides is 1. The number of carbonyl (C=O) groups excluding carboxylic acids is 1. The van der Waals surface area contributed by atoms with Crippen molar-refractivity contribution in [2.75, 3.05) is 0 Å². The van der Waals surface area contributed by atoms with Crippen LogP contribution in [0.25, 0.3) is 0 Å². The van der Waals surface area contributed by atoms with Crippen LogP contribution in [0.1, 0.15) is 26.2 Å². The molecule has 0 aromatic rings. The van der Waals surface area contributed by atoms with Crippen LogP contribution >= 0.6 is 0 Å². The Bertz CT molecular complexity index is 244. The van der Waals surface area contributed by atoms with E-state index in [0.29, 0.717) is 18.8 Å². The van der Waals surface area contributed by atoms with E-state index in [1.54, 1.807) is 0 Å². The lowest BCUT2D eigenvalue weighted by Crippen LogP contribution is -2.48. The van der Waals surface area contributed by atoms with E-state index in [-0.39, 0.29) is 0 Å². The van der Waals surface area contributed by atoms with Gasteiger partial charge < -0.3 is 5.32 Å². The molecule has 0 aromatic carbocycles. The SMILES string of the molecule is CC1CCC(NC(=O)C(F)(F)C(F)F)C1. The van der Waals surface area contributed by atoms with Crippen molar-refractivity contribution < 1.29 is 22.4 Å². The van der Waals surface area contributed by atoms with Gasteiger partial charge in [-0.05, 0) is 25.2 Å².